The van der Waals surface area contributed by atoms with Gasteiger partial charge in [-0.3, -0.25) is 4.99 Å². The Morgan fingerprint density at radius 1 is 1.17 bits per heavy atom. The zero-order valence-corrected chi connectivity index (χ0v) is 13.7. The van der Waals surface area contributed by atoms with Gasteiger partial charge in [-0.1, -0.05) is 37.3 Å². The van der Waals surface area contributed by atoms with Gasteiger partial charge in [-0.05, 0) is 24.6 Å². The molecule has 1 heterocycles. The normalized spacial score (nSPS) is 14.3. The third-order valence-corrected chi connectivity index (χ3v) is 3.57. The minimum atomic E-state index is -0.694. The second-order valence-electron chi connectivity index (χ2n) is 5.44. The number of furan rings is 1. The van der Waals surface area contributed by atoms with Crippen LogP contribution in [0.15, 0.2) is 58.1 Å². The topological polar surface area (TPSA) is 69.8 Å². The quantitative estimate of drug-likeness (QED) is 0.543. The third-order valence-electron chi connectivity index (χ3n) is 3.57. The predicted molar refractivity (Wildman–Crippen MR) is 92.5 cm³/mol. The molecule has 0 radical (unpaired) electrons. The minimum absolute atomic E-state index is 0.335. The van der Waals surface area contributed by atoms with Crippen molar-refractivity contribution in [3.8, 4) is 0 Å². The van der Waals surface area contributed by atoms with Crippen LogP contribution in [0, 0.1) is 0 Å². The van der Waals surface area contributed by atoms with Crippen LogP contribution in [0.2, 0.25) is 0 Å². The smallest absolute Gasteiger partial charge is 0.191 e. The molecule has 5 heteroatoms. The number of nitrogens with zero attached hydrogens (tertiary/aromatic N) is 1. The van der Waals surface area contributed by atoms with Crippen LogP contribution < -0.4 is 10.6 Å². The first-order valence-corrected chi connectivity index (χ1v) is 7.99. The average molecular weight is 315 g/mol. The van der Waals surface area contributed by atoms with Gasteiger partial charge in [0.25, 0.3) is 0 Å². The van der Waals surface area contributed by atoms with Gasteiger partial charge in [0.05, 0.1) is 12.8 Å². The number of benzene rings is 1. The number of nitrogens with one attached hydrogen (secondary N) is 2. The number of aliphatic imine (C=N–C) groups is 1. The summed E-state index contributed by atoms with van der Waals surface area (Å²) in [7, 11) is 0. The standard InChI is InChI=1S/C18H25N3O2/c1-3-19-18(21-13-16(22)17-10-7-11-23-17)20-12-14(2)15-8-5-4-6-9-15/h4-11,14,16,22H,3,12-13H2,1-2H3,(H2,19,20,21). The Bertz CT molecular complexity index is 582. The molecule has 0 aliphatic carbocycles. The van der Waals surface area contributed by atoms with E-state index < -0.39 is 6.10 Å². The molecule has 3 N–H and O–H groups in total. The minimum Gasteiger partial charge on any atom is -0.467 e. The van der Waals surface area contributed by atoms with Crippen molar-refractivity contribution in [3.63, 3.8) is 0 Å². The van der Waals surface area contributed by atoms with Crippen molar-refractivity contribution < 1.29 is 9.52 Å². The maximum atomic E-state index is 10.0. The Labute approximate surface area is 137 Å². The van der Waals surface area contributed by atoms with Crippen LogP contribution in [0.3, 0.4) is 0 Å². The Morgan fingerprint density at radius 3 is 2.61 bits per heavy atom. The average Bonchev–Trinajstić information content (AvgIpc) is 3.12. The van der Waals surface area contributed by atoms with Crippen molar-refractivity contribution in [1.82, 2.24) is 10.6 Å². The molecule has 2 rings (SSSR count). The van der Waals surface area contributed by atoms with E-state index in [1.807, 2.05) is 25.1 Å². The summed E-state index contributed by atoms with van der Waals surface area (Å²) < 4.78 is 5.19. The van der Waals surface area contributed by atoms with E-state index in [4.69, 9.17) is 4.42 Å². The molecule has 2 aromatic rings. The van der Waals surface area contributed by atoms with Crippen LogP contribution in [0.1, 0.15) is 37.2 Å². The summed E-state index contributed by atoms with van der Waals surface area (Å²) in [5.74, 6) is 1.58. The lowest BCUT2D eigenvalue weighted by atomic mass is 10.0. The van der Waals surface area contributed by atoms with E-state index in [0.717, 1.165) is 6.54 Å². The highest BCUT2D eigenvalue weighted by molar-refractivity contribution is 5.79. The first kappa shape index (κ1) is 17.1. The second kappa shape index (κ2) is 9.00. The molecule has 0 amide bonds. The maximum Gasteiger partial charge on any atom is 0.191 e. The Kier molecular flexibility index (Phi) is 6.69. The van der Waals surface area contributed by atoms with E-state index in [-0.39, 0.29) is 0 Å². The molecule has 2 unspecified atom stereocenters. The lowest BCUT2D eigenvalue weighted by Crippen LogP contribution is -2.39. The van der Waals surface area contributed by atoms with E-state index in [1.165, 1.54) is 5.56 Å². The summed E-state index contributed by atoms with van der Waals surface area (Å²) in [4.78, 5) is 4.60. The first-order valence-electron chi connectivity index (χ1n) is 7.99. The molecule has 1 aromatic carbocycles. The molecule has 0 saturated carbocycles. The van der Waals surface area contributed by atoms with Crippen LogP contribution in [-0.2, 0) is 0 Å². The van der Waals surface area contributed by atoms with Gasteiger partial charge in [-0.2, -0.15) is 0 Å². The Balaban J connectivity index is 1.89. The molecule has 0 aliphatic rings. The fourth-order valence-corrected chi connectivity index (χ4v) is 2.23. The van der Waals surface area contributed by atoms with E-state index in [1.54, 1.807) is 18.4 Å². The van der Waals surface area contributed by atoms with E-state index in [9.17, 15) is 5.11 Å². The number of hydrogen-bond donors (Lipinski definition) is 3. The van der Waals surface area contributed by atoms with Gasteiger partial charge in [0, 0.05) is 19.0 Å². The lowest BCUT2D eigenvalue weighted by Gasteiger charge is -2.15. The fourth-order valence-electron chi connectivity index (χ4n) is 2.23. The first-order chi connectivity index (χ1) is 11.2. The molecular formula is C18H25N3O2. The van der Waals surface area contributed by atoms with E-state index >= 15 is 0 Å². The number of hydrogen-bond acceptors (Lipinski definition) is 3. The van der Waals surface area contributed by atoms with Crippen molar-refractivity contribution in [2.45, 2.75) is 25.9 Å². The Hall–Kier alpha value is -2.27. The zero-order chi connectivity index (χ0) is 16.5. The zero-order valence-electron chi connectivity index (χ0n) is 13.7. The highest BCUT2D eigenvalue weighted by Gasteiger charge is 2.11. The summed E-state index contributed by atoms with van der Waals surface area (Å²) in [5, 5.41) is 16.4. The predicted octanol–water partition coefficient (Wildman–Crippen LogP) is 2.67. The SMILES string of the molecule is CCNC(=NCC(C)c1ccccc1)NCC(O)c1ccco1. The monoisotopic (exact) mass is 315 g/mol. The van der Waals surface area contributed by atoms with Crippen LogP contribution in [-0.4, -0.2) is 30.7 Å². The highest BCUT2D eigenvalue weighted by atomic mass is 16.4. The number of aliphatic hydroxyl groups excluding tert-OH is 1. The molecule has 0 aliphatic heterocycles. The third kappa shape index (κ3) is 5.45. The molecule has 0 fully saturated rings. The number of guanidine groups is 1. The second-order valence-corrected chi connectivity index (χ2v) is 5.44. The van der Waals surface area contributed by atoms with Gasteiger partial charge in [-0.25, -0.2) is 0 Å². The van der Waals surface area contributed by atoms with Gasteiger partial charge >= 0.3 is 0 Å². The van der Waals surface area contributed by atoms with Crippen LogP contribution in [0.25, 0.3) is 0 Å². The van der Waals surface area contributed by atoms with Gasteiger partial charge in [0.2, 0.25) is 0 Å². The summed E-state index contributed by atoms with van der Waals surface area (Å²) >= 11 is 0. The molecule has 0 saturated heterocycles. The molecule has 5 nitrogen and oxygen atoms in total. The summed E-state index contributed by atoms with van der Waals surface area (Å²) in [6.07, 6.45) is 0.861. The van der Waals surface area contributed by atoms with Crippen molar-refractivity contribution in [3.05, 3.63) is 60.1 Å². The molecule has 0 spiro atoms. The van der Waals surface area contributed by atoms with Crippen molar-refractivity contribution in [2.24, 2.45) is 4.99 Å². The van der Waals surface area contributed by atoms with Crippen LogP contribution in [0.5, 0.6) is 0 Å². The summed E-state index contributed by atoms with van der Waals surface area (Å²) in [6.45, 7) is 5.96. The molecule has 2 atom stereocenters. The van der Waals surface area contributed by atoms with E-state index in [2.05, 4.69) is 34.7 Å². The number of aliphatic hydroxyl groups is 1. The van der Waals surface area contributed by atoms with Crippen molar-refractivity contribution in [1.29, 1.82) is 0 Å². The number of rotatable bonds is 7. The Morgan fingerprint density at radius 2 is 1.96 bits per heavy atom. The maximum absolute atomic E-state index is 10.0. The van der Waals surface area contributed by atoms with Gasteiger partial charge in [0.15, 0.2) is 5.96 Å². The van der Waals surface area contributed by atoms with Gasteiger partial charge in [-0.15, -0.1) is 0 Å². The molecule has 124 valence electrons. The van der Waals surface area contributed by atoms with Crippen LogP contribution >= 0.6 is 0 Å². The molecule has 0 bridgehead atoms. The van der Waals surface area contributed by atoms with Crippen molar-refractivity contribution in [2.75, 3.05) is 19.6 Å². The summed E-state index contributed by atoms with van der Waals surface area (Å²) in [5.41, 5.74) is 1.27. The fraction of sp³-hybridized carbons (Fsp3) is 0.389. The van der Waals surface area contributed by atoms with Gasteiger partial charge < -0.3 is 20.2 Å². The van der Waals surface area contributed by atoms with E-state index in [0.29, 0.717) is 30.7 Å². The highest BCUT2D eigenvalue weighted by Crippen LogP contribution is 2.14. The van der Waals surface area contributed by atoms with Crippen LogP contribution in [0.4, 0.5) is 0 Å². The van der Waals surface area contributed by atoms with Crippen molar-refractivity contribution >= 4 is 5.96 Å². The molecule has 23 heavy (non-hydrogen) atoms. The molecular weight excluding hydrogens is 290 g/mol. The summed E-state index contributed by atoms with van der Waals surface area (Å²) in [6, 6.07) is 13.8. The van der Waals surface area contributed by atoms with Gasteiger partial charge in [0.1, 0.15) is 11.9 Å². The largest absolute Gasteiger partial charge is 0.467 e. The molecule has 1 aromatic heterocycles. The lowest BCUT2D eigenvalue weighted by molar-refractivity contribution is 0.153.